The molecule has 0 saturated carbocycles. The monoisotopic (exact) mass is 272 g/mol. The standard InChI is InChI=1S/C18H24O2/c1-4-5-9-12-18(2,3)13-14-20-17(19)15-16-10-7-6-8-11-16/h6-14H,4-5,15H2,1-3H3/b12-9+,14-13+. The number of unbranched alkanes of at least 4 members (excludes halogenated alkanes) is 1. The second-order valence-corrected chi connectivity index (χ2v) is 5.47. The molecule has 1 rings (SSSR count). The molecule has 0 fully saturated rings. The average molecular weight is 272 g/mol. The van der Waals surface area contributed by atoms with Crippen LogP contribution >= 0.6 is 0 Å². The minimum absolute atomic E-state index is 0.0950. The van der Waals surface area contributed by atoms with Crippen molar-refractivity contribution in [1.82, 2.24) is 0 Å². The maximum Gasteiger partial charge on any atom is 0.315 e. The van der Waals surface area contributed by atoms with Gasteiger partial charge >= 0.3 is 5.97 Å². The van der Waals surface area contributed by atoms with E-state index >= 15 is 0 Å². The summed E-state index contributed by atoms with van der Waals surface area (Å²) in [6, 6.07) is 9.60. The summed E-state index contributed by atoms with van der Waals surface area (Å²) in [5.41, 5.74) is 0.871. The van der Waals surface area contributed by atoms with Gasteiger partial charge < -0.3 is 4.74 Å². The minimum Gasteiger partial charge on any atom is -0.435 e. The highest BCUT2D eigenvalue weighted by molar-refractivity contribution is 5.73. The number of carbonyl (C=O) groups is 1. The van der Waals surface area contributed by atoms with Gasteiger partial charge in [0.25, 0.3) is 0 Å². The Morgan fingerprint density at radius 1 is 1.20 bits per heavy atom. The molecule has 0 aromatic heterocycles. The summed E-state index contributed by atoms with van der Waals surface area (Å²) in [5, 5.41) is 0. The van der Waals surface area contributed by atoms with Gasteiger partial charge in [0.1, 0.15) is 0 Å². The Morgan fingerprint density at radius 3 is 2.55 bits per heavy atom. The molecule has 0 amide bonds. The van der Waals surface area contributed by atoms with Crippen LogP contribution in [0.25, 0.3) is 0 Å². The van der Waals surface area contributed by atoms with E-state index in [1.165, 1.54) is 6.26 Å². The lowest BCUT2D eigenvalue weighted by Crippen LogP contribution is -2.06. The van der Waals surface area contributed by atoms with Crippen LogP contribution in [0.3, 0.4) is 0 Å². The van der Waals surface area contributed by atoms with Crippen LogP contribution in [0.5, 0.6) is 0 Å². The molecule has 0 aliphatic heterocycles. The number of rotatable bonds is 7. The molecule has 2 heteroatoms. The molecule has 1 aromatic carbocycles. The Balaban J connectivity index is 2.41. The Hall–Kier alpha value is -1.83. The zero-order valence-corrected chi connectivity index (χ0v) is 12.6. The van der Waals surface area contributed by atoms with Crippen LogP contribution in [0, 0.1) is 5.41 Å². The van der Waals surface area contributed by atoms with Crippen molar-refractivity contribution in [3.8, 4) is 0 Å². The maximum absolute atomic E-state index is 11.7. The Bertz CT molecular complexity index is 456. The molecule has 0 spiro atoms. The summed E-state index contributed by atoms with van der Waals surface area (Å²) in [5.74, 6) is -0.235. The van der Waals surface area contributed by atoms with Crippen molar-refractivity contribution in [2.24, 2.45) is 5.41 Å². The molecular weight excluding hydrogens is 248 g/mol. The first kappa shape index (κ1) is 16.2. The van der Waals surface area contributed by atoms with E-state index in [0.717, 1.165) is 18.4 Å². The molecule has 2 nitrogen and oxygen atoms in total. The number of allylic oxidation sites excluding steroid dienone is 3. The van der Waals surface area contributed by atoms with Crippen molar-refractivity contribution in [1.29, 1.82) is 0 Å². The van der Waals surface area contributed by atoms with Crippen molar-refractivity contribution >= 4 is 5.97 Å². The maximum atomic E-state index is 11.7. The predicted octanol–water partition coefficient (Wildman–Crippen LogP) is 4.67. The third kappa shape index (κ3) is 6.93. The normalized spacial score (nSPS) is 12.2. The van der Waals surface area contributed by atoms with Crippen LogP contribution < -0.4 is 0 Å². The number of esters is 1. The first-order valence-electron chi connectivity index (χ1n) is 7.12. The van der Waals surface area contributed by atoms with Gasteiger partial charge in [-0.3, -0.25) is 4.79 Å². The SMILES string of the molecule is CCC/C=C/C(C)(C)/C=C/OC(=O)Cc1ccccc1. The van der Waals surface area contributed by atoms with Crippen molar-refractivity contribution in [3.63, 3.8) is 0 Å². The van der Waals surface area contributed by atoms with Crippen molar-refractivity contribution in [2.45, 2.75) is 40.0 Å². The molecule has 108 valence electrons. The smallest absolute Gasteiger partial charge is 0.315 e. The highest BCUT2D eigenvalue weighted by Gasteiger charge is 2.09. The van der Waals surface area contributed by atoms with Gasteiger partial charge in [0, 0.05) is 5.41 Å². The fourth-order valence-electron chi connectivity index (χ4n) is 1.70. The third-order valence-electron chi connectivity index (χ3n) is 2.89. The van der Waals surface area contributed by atoms with E-state index in [-0.39, 0.29) is 11.4 Å². The summed E-state index contributed by atoms with van der Waals surface area (Å²) >= 11 is 0. The molecule has 0 atom stereocenters. The van der Waals surface area contributed by atoms with E-state index in [1.54, 1.807) is 0 Å². The molecule has 0 saturated heterocycles. The van der Waals surface area contributed by atoms with Gasteiger partial charge in [-0.1, -0.05) is 69.7 Å². The van der Waals surface area contributed by atoms with Gasteiger partial charge in [0.15, 0.2) is 0 Å². The lowest BCUT2D eigenvalue weighted by Gasteiger charge is -2.13. The largest absolute Gasteiger partial charge is 0.435 e. The van der Waals surface area contributed by atoms with E-state index in [0.29, 0.717) is 6.42 Å². The Morgan fingerprint density at radius 2 is 1.90 bits per heavy atom. The lowest BCUT2D eigenvalue weighted by atomic mass is 9.93. The molecule has 0 radical (unpaired) electrons. The summed E-state index contributed by atoms with van der Waals surface area (Å²) in [6.45, 7) is 6.32. The molecule has 1 aromatic rings. The first-order valence-corrected chi connectivity index (χ1v) is 7.12. The minimum atomic E-state index is -0.235. The summed E-state index contributed by atoms with van der Waals surface area (Å²) in [4.78, 5) is 11.7. The summed E-state index contributed by atoms with van der Waals surface area (Å²) < 4.78 is 5.13. The second-order valence-electron chi connectivity index (χ2n) is 5.47. The average Bonchev–Trinajstić information content (AvgIpc) is 2.39. The third-order valence-corrected chi connectivity index (χ3v) is 2.89. The quantitative estimate of drug-likeness (QED) is 0.409. The molecule has 0 heterocycles. The number of carbonyl (C=O) groups excluding carboxylic acids is 1. The van der Waals surface area contributed by atoms with Crippen molar-refractivity contribution in [3.05, 3.63) is 60.4 Å². The molecule has 0 unspecified atom stereocenters. The van der Waals surface area contributed by atoms with E-state index in [2.05, 4.69) is 32.9 Å². The molecular formula is C18H24O2. The molecule has 20 heavy (non-hydrogen) atoms. The van der Waals surface area contributed by atoms with Crippen LogP contribution in [0.15, 0.2) is 54.8 Å². The van der Waals surface area contributed by atoms with Gasteiger partial charge in [-0.15, -0.1) is 0 Å². The predicted molar refractivity (Wildman–Crippen MR) is 83.2 cm³/mol. The van der Waals surface area contributed by atoms with Gasteiger partial charge in [-0.2, -0.15) is 0 Å². The van der Waals surface area contributed by atoms with Crippen LogP contribution in [0.2, 0.25) is 0 Å². The molecule has 0 bridgehead atoms. The fourth-order valence-corrected chi connectivity index (χ4v) is 1.70. The number of hydrogen-bond acceptors (Lipinski definition) is 2. The highest BCUT2D eigenvalue weighted by Crippen LogP contribution is 2.19. The van der Waals surface area contributed by atoms with Gasteiger partial charge in [-0.25, -0.2) is 0 Å². The van der Waals surface area contributed by atoms with Crippen LogP contribution in [0.1, 0.15) is 39.2 Å². The topological polar surface area (TPSA) is 26.3 Å². The van der Waals surface area contributed by atoms with Gasteiger partial charge in [0.05, 0.1) is 12.7 Å². The van der Waals surface area contributed by atoms with E-state index < -0.39 is 0 Å². The molecule has 0 aliphatic carbocycles. The van der Waals surface area contributed by atoms with Crippen molar-refractivity contribution in [2.75, 3.05) is 0 Å². The zero-order valence-electron chi connectivity index (χ0n) is 12.6. The van der Waals surface area contributed by atoms with Gasteiger partial charge in [0.2, 0.25) is 0 Å². The van der Waals surface area contributed by atoms with Crippen molar-refractivity contribution < 1.29 is 9.53 Å². The number of ether oxygens (including phenoxy) is 1. The fraction of sp³-hybridized carbons (Fsp3) is 0.389. The highest BCUT2D eigenvalue weighted by atomic mass is 16.5. The Kier molecular flexibility index (Phi) is 6.78. The van der Waals surface area contributed by atoms with Crippen LogP contribution in [-0.2, 0) is 16.0 Å². The summed E-state index contributed by atoms with van der Waals surface area (Å²) in [6.07, 6.45) is 10.2. The van der Waals surface area contributed by atoms with E-state index in [1.807, 2.05) is 36.4 Å². The molecule has 0 N–H and O–H groups in total. The second kappa shape index (κ2) is 8.36. The van der Waals surface area contributed by atoms with Crippen LogP contribution in [0.4, 0.5) is 0 Å². The number of hydrogen-bond donors (Lipinski definition) is 0. The van der Waals surface area contributed by atoms with Gasteiger partial charge in [-0.05, 0) is 18.1 Å². The lowest BCUT2D eigenvalue weighted by molar-refractivity contribution is -0.137. The summed E-state index contributed by atoms with van der Waals surface area (Å²) in [7, 11) is 0. The first-order chi connectivity index (χ1) is 9.53. The molecule has 0 aliphatic rings. The Labute approximate surface area is 122 Å². The number of benzene rings is 1. The van der Waals surface area contributed by atoms with E-state index in [4.69, 9.17) is 4.74 Å². The zero-order chi connectivity index (χ0) is 14.8. The van der Waals surface area contributed by atoms with Crippen LogP contribution in [-0.4, -0.2) is 5.97 Å². The van der Waals surface area contributed by atoms with E-state index in [9.17, 15) is 4.79 Å².